The summed E-state index contributed by atoms with van der Waals surface area (Å²) in [5.41, 5.74) is 0.324. The molecule has 1 heterocycles. The van der Waals surface area contributed by atoms with Crippen LogP contribution in [0, 0.1) is 17.3 Å². The molecule has 0 aliphatic carbocycles. The maximum absolute atomic E-state index is 3.19. The Hall–Kier alpha value is -0.740. The monoisotopic (exact) mass is 178 g/mol. The van der Waals surface area contributed by atoms with Crippen LogP contribution in [0.4, 0.5) is 0 Å². The van der Waals surface area contributed by atoms with Crippen molar-refractivity contribution < 1.29 is 0 Å². The first-order valence-corrected chi connectivity index (χ1v) is 4.98. The molecule has 0 aromatic carbocycles. The molecule has 0 atom stereocenters. The highest BCUT2D eigenvalue weighted by Gasteiger charge is 2.06. The lowest BCUT2D eigenvalue weighted by atomic mass is 9.93. The van der Waals surface area contributed by atoms with E-state index in [1.54, 1.807) is 11.3 Å². The van der Waals surface area contributed by atoms with Crippen LogP contribution in [0.3, 0.4) is 0 Å². The van der Waals surface area contributed by atoms with Gasteiger partial charge in [0, 0.05) is 6.42 Å². The summed E-state index contributed by atoms with van der Waals surface area (Å²) in [6, 6.07) is 4.09. The molecule has 64 valence electrons. The van der Waals surface area contributed by atoms with E-state index in [4.69, 9.17) is 0 Å². The summed E-state index contributed by atoms with van der Waals surface area (Å²) >= 11 is 1.70. The normalized spacial score (nSPS) is 10.6. The van der Waals surface area contributed by atoms with Crippen LogP contribution in [-0.2, 0) is 0 Å². The Bertz CT molecular complexity index is 277. The van der Waals surface area contributed by atoms with E-state index in [0.717, 1.165) is 6.42 Å². The zero-order valence-corrected chi connectivity index (χ0v) is 8.66. The van der Waals surface area contributed by atoms with Gasteiger partial charge in [-0.2, -0.15) is 0 Å². The molecule has 0 amide bonds. The van der Waals surface area contributed by atoms with Crippen molar-refractivity contribution in [3.8, 4) is 11.8 Å². The quantitative estimate of drug-likeness (QED) is 0.533. The Morgan fingerprint density at radius 2 is 2.17 bits per heavy atom. The largest absolute Gasteiger partial charge is 0.135 e. The molecule has 0 aliphatic rings. The van der Waals surface area contributed by atoms with Crippen molar-refractivity contribution in [2.45, 2.75) is 27.2 Å². The van der Waals surface area contributed by atoms with Crippen molar-refractivity contribution in [1.29, 1.82) is 0 Å². The third kappa shape index (κ3) is 3.59. The second kappa shape index (κ2) is 3.78. The predicted molar refractivity (Wildman–Crippen MR) is 55.3 cm³/mol. The maximum Gasteiger partial charge on any atom is 0.0768 e. The van der Waals surface area contributed by atoms with Crippen LogP contribution in [0.2, 0.25) is 0 Å². The standard InChI is InChI=1S/C11H14S/c1-11(2,3)8-4-6-10-7-5-9-12-10/h5,7,9H,8H2,1-3H3. The van der Waals surface area contributed by atoms with E-state index < -0.39 is 0 Å². The Morgan fingerprint density at radius 3 is 2.67 bits per heavy atom. The molecule has 1 heteroatoms. The molecule has 0 saturated carbocycles. The van der Waals surface area contributed by atoms with Crippen LogP contribution in [0.5, 0.6) is 0 Å². The van der Waals surface area contributed by atoms with Crippen molar-refractivity contribution in [2.24, 2.45) is 5.41 Å². The molecule has 0 spiro atoms. The third-order valence-corrected chi connectivity index (χ3v) is 2.14. The van der Waals surface area contributed by atoms with Crippen LogP contribution in [0.25, 0.3) is 0 Å². The SMILES string of the molecule is CC(C)(C)CC#Cc1cccs1. The van der Waals surface area contributed by atoms with E-state index >= 15 is 0 Å². The highest BCUT2D eigenvalue weighted by atomic mass is 32.1. The van der Waals surface area contributed by atoms with E-state index in [2.05, 4.69) is 44.1 Å². The maximum atomic E-state index is 3.19. The Morgan fingerprint density at radius 1 is 1.42 bits per heavy atom. The molecule has 1 aromatic rings. The smallest absolute Gasteiger partial charge is 0.0768 e. The van der Waals surface area contributed by atoms with E-state index in [9.17, 15) is 0 Å². The highest BCUT2D eigenvalue weighted by Crippen LogP contribution is 2.17. The lowest BCUT2D eigenvalue weighted by Crippen LogP contribution is -2.01. The van der Waals surface area contributed by atoms with Crippen molar-refractivity contribution in [2.75, 3.05) is 0 Å². The van der Waals surface area contributed by atoms with Gasteiger partial charge in [0.25, 0.3) is 0 Å². The average Bonchev–Trinajstić information content (AvgIpc) is 2.36. The number of hydrogen-bond acceptors (Lipinski definition) is 1. The molecule has 0 unspecified atom stereocenters. The second-order valence-electron chi connectivity index (χ2n) is 4.02. The first kappa shape index (κ1) is 9.35. The molecule has 1 rings (SSSR count). The van der Waals surface area contributed by atoms with Crippen molar-refractivity contribution in [3.63, 3.8) is 0 Å². The molecular weight excluding hydrogens is 164 g/mol. The molecule has 0 nitrogen and oxygen atoms in total. The number of rotatable bonds is 0. The molecule has 12 heavy (non-hydrogen) atoms. The minimum absolute atomic E-state index is 0.324. The fourth-order valence-corrected chi connectivity index (χ4v) is 1.34. The fourth-order valence-electron chi connectivity index (χ4n) is 0.746. The summed E-state index contributed by atoms with van der Waals surface area (Å²) in [4.78, 5) is 1.17. The highest BCUT2D eigenvalue weighted by molar-refractivity contribution is 7.10. The van der Waals surface area contributed by atoms with Gasteiger partial charge in [-0.1, -0.05) is 38.7 Å². The third-order valence-electron chi connectivity index (χ3n) is 1.35. The van der Waals surface area contributed by atoms with Gasteiger partial charge in [-0.05, 0) is 16.9 Å². The van der Waals surface area contributed by atoms with E-state index in [0.29, 0.717) is 5.41 Å². The lowest BCUT2D eigenvalue weighted by molar-refractivity contribution is 0.428. The van der Waals surface area contributed by atoms with Crippen molar-refractivity contribution >= 4 is 11.3 Å². The summed E-state index contributed by atoms with van der Waals surface area (Å²) in [5.74, 6) is 6.34. The topological polar surface area (TPSA) is 0 Å². The zero-order chi connectivity index (χ0) is 9.03. The molecule has 0 fully saturated rings. The van der Waals surface area contributed by atoms with Gasteiger partial charge in [0.2, 0.25) is 0 Å². The van der Waals surface area contributed by atoms with Crippen LogP contribution in [0.15, 0.2) is 17.5 Å². The Labute approximate surface area is 78.6 Å². The van der Waals surface area contributed by atoms with Gasteiger partial charge in [-0.3, -0.25) is 0 Å². The van der Waals surface area contributed by atoms with Crippen LogP contribution in [0.1, 0.15) is 32.1 Å². The Kier molecular flexibility index (Phi) is 2.94. The predicted octanol–water partition coefficient (Wildman–Crippen LogP) is 3.54. The lowest BCUT2D eigenvalue weighted by Gasteiger charge is -2.12. The first-order chi connectivity index (χ1) is 5.58. The van der Waals surface area contributed by atoms with Crippen LogP contribution in [-0.4, -0.2) is 0 Å². The summed E-state index contributed by atoms with van der Waals surface area (Å²) in [7, 11) is 0. The molecular formula is C11H14S. The van der Waals surface area contributed by atoms with Gasteiger partial charge in [0.15, 0.2) is 0 Å². The molecule has 0 bridgehead atoms. The number of hydrogen-bond donors (Lipinski definition) is 0. The van der Waals surface area contributed by atoms with Gasteiger partial charge < -0.3 is 0 Å². The first-order valence-electron chi connectivity index (χ1n) is 4.10. The second-order valence-corrected chi connectivity index (χ2v) is 4.96. The minimum Gasteiger partial charge on any atom is -0.135 e. The van der Waals surface area contributed by atoms with E-state index in [-0.39, 0.29) is 0 Å². The van der Waals surface area contributed by atoms with Gasteiger partial charge >= 0.3 is 0 Å². The molecule has 0 aliphatic heterocycles. The van der Waals surface area contributed by atoms with Crippen molar-refractivity contribution in [1.82, 2.24) is 0 Å². The minimum atomic E-state index is 0.324. The fraction of sp³-hybridized carbons (Fsp3) is 0.455. The van der Waals surface area contributed by atoms with Gasteiger partial charge in [0.1, 0.15) is 0 Å². The van der Waals surface area contributed by atoms with Gasteiger partial charge in [-0.15, -0.1) is 11.3 Å². The summed E-state index contributed by atoms with van der Waals surface area (Å²) in [6.07, 6.45) is 0.963. The van der Waals surface area contributed by atoms with E-state index in [1.165, 1.54) is 4.88 Å². The van der Waals surface area contributed by atoms with Crippen molar-refractivity contribution in [3.05, 3.63) is 22.4 Å². The molecule has 0 radical (unpaired) electrons. The zero-order valence-electron chi connectivity index (χ0n) is 7.85. The van der Waals surface area contributed by atoms with E-state index in [1.807, 2.05) is 6.07 Å². The molecule has 0 saturated heterocycles. The summed E-state index contributed by atoms with van der Waals surface area (Å²) in [5, 5.41) is 2.06. The Balaban J connectivity index is 2.51. The van der Waals surface area contributed by atoms with Gasteiger partial charge in [-0.25, -0.2) is 0 Å². The van der Waals surface area contributed by atoms with Gasteiger partial charge in [0.05, 0.1) is 4.88 Å². The molecule has 0 N–H and O–H groups in total. The van der Waals surface area contributed by atoms with Crippen LogP contribution < -0.4 is 0 Å². The average molecular weight is 178 g/mol. The summed E-state index contributed by atoms with van der Waals surface area (Å²) in [6.45, 7) is 6.61. The number of thiophene rings is 1. The molecule has 1 aromatic heterocycles. The summed E-state index contributed by atoms with van der Waals surface area (Å²) < 4.78 is 0. The van der Waals surface area contributed by atoms with Crippen LogP contribution >= 0.6 is 11.3 Å².